The minimum atomic E-state index is -3.32. The van der Waals surface area contributed by atoms with E-state index in [9.17, 15) is 8.42 Å². The number of ether oxygens (including phenoxy) is 2. The summed E-state index contributed by atoms with van der Waals surface area (Å²) in [4.78, 5) is 4.16. The van der Waals surface area contributed by atoms with Gasteiger partial charge in [-0.1, -0.05) is 0 Å². The fourth-order valence-electron chi connectivity index (χ4n) is 1.92. The molecule has 0 aliphatic carbocycles. The van der Waals surface area contributed by atoms with Crippen molar-refractivity contribution in [2.45, 2.75) is 19.4 Å². The average molecular weight is 344 g/mol. The molecule has 0 amide bonds. The summed E-state index contributed by atoms with van der Waals surface area (Å²) in [6.07, 6.45) is 1.10. The molecule has 0 atom stereocenters. The van der Waals surface area contributed by atoms with Crippen molar-refractivity contribution in [2.24, 2.45) is 10.7 Å². The Balaban J connectivity index is 2.77. The van der Waals surface area contributed by atoms with E-state index in [1.165, 1.54) is 0 Å². The fourth-order valence-corrected chi connectivity index (χ4v) is 2.99. The van der Waals surface area contributed by atoms with Crippen molar-refractivity contribution in [3.8, 4) is 11.5 Å². The molecule has 0 unspecified atom stereocenters. The first-order chi connectivity index (χ1) is 10.6. The highest BCUT2D eigenvalue weighted by molar-refractivity contribution is 7.88. The molecule has 0 bridgehead atoms. The molecule has 4 N–H and O–H groups in total. The van der Waals surface area contributed by atoms with Gasteiger partial charge in [-0.2, -0.15) is 0 Å². The number of anilines is 1. The predicted molar refractivity (Wildman–Crippen MR) is 91.7 cm³/mol. The van der Waals surface area contributed by atoms with Crippen molar-refractivity contribution in [2.75, 3.05) is 32.3 Å². The Kier molecular flexibility index (Phi) is 6.22. The zero-order chi connectivity index (χ0) is 17.7. The number of methoxy groups -OCH3 is 2. The Labute approximate surface area is 137 Å². The van der Waals surface area contributed by atoms with Crippen LogP contribution in [0, 0.1) is 0 Å². The van der Waals surface area contributed by atoms with E-state index in [2.05, 4.69) is 15.0 Å². The van der Waals surface area contributed by atoms with E-state index in [4.69, 9.17) is 15.2 Å². The van der Waals surface area contributed by atoms with Crippen molar-refractivity contribution in [1.82, 2.24) is 4.72 Å². The third-order valence-corrected chi connectivity index (χ3v) is 3.69. The smallest absolute Gasteiger partial charge is 0.209 e. The topological polar surface area (TPSA) is 115 Å². The molecular weight excluding hydrogens is 320 g/mol. The van der Waals surface area contributed by atoms with Gasteiger partial charge in [0.15, 0.2) is 17.5 Å². The minimum Gasteiger partial charge on any atom is -0.493 e. The van der Waals surface area contributed by atoms with Crippen LogP contribution in [0.4, 0.5) is 5.69 Å². The molecule has 23 heavy (non-hydrogen) atoms. The van der Waals surface area contributed by atoms with Gasteiger partial charge in [-0.3, -0.25) is 4.99 Å². The van der Waals surface area contributed by atoms with E-state index in [-0.39, 0.29) is 12.5 Å². The van der Waals surface area contributed by atoms with Crippen molar-refractivity contribution in [3.63, 3.8) is 0 Å². The zero-order valence-corrected chi connectivity index (χ0v) is 14.8. The van der Waals surface area contributed by atoms with Gasteiger partial charge in [0, 0.05) is 17.3 Å². The Morgan fingerprint density at radius 1 is 1.26 bits per heavy atom. The lowest BCUT2D eigenvalue weighted by Gasteiger charge is -2.23. The number of sulfonamides is 1. The Morgan fingerprint density at radius 3 is 2.39 bits per heavy atom. The van der Waals surface area contributed by atoms with E-state index in [0.29, 0.717) is 17.2 Å². The van der Waals surface area contributed by atoms with Crippen LogP contribution in [0.25, 0.3) is 0 Å². The second kappa shape index (κ2) is 7.51. The number of hydrogen-bond acceptors (Lipinski definition) is 5. The summed E-state index contributed by atoms with van der Waals surface area (Å²) in [6.45, 7) is 3.63. The van der Waals surface area contributed by atoms with Crippen molar-refractivity contribution in [3.05, 3.63) is 18.2 Å². The summed E-state index contributed by atoms with van der Waals surface area (Å²) in [7, 11) is -0.223. The van der Waals surface area contributed by atoms with E-state index in [1.807, 2.05) is 0 Å². The van der Waals surface area contributed by atoms with Gasteiger partial charge in [0.25, 0.3) is 0 Å². The summed E-state index contributed by atoms with van der Waals surface area (Å²) in [6, 6.07) is 5.23. The highest BCUT2D eigenvalue weighted by atomic mass is 32.2. The number of nitrogens with one attached hydrogen (secondary N) is 2. The molecule has 8 nitrogen and oxygen atoms in total. The van der Waals surface area contributed by atoms with Gasteiger partial charge in [0.05, 0.1) is 27.0 Å². The average Bonchev–Trinajstić information content (AvgIpc) is 2.42. The molecule has 0 saturated heterocycles. The van der Waals surface area contributed by atoms with Gasteiger partial charge in [-0.25, -0.2) is 13.1 Å². The largest absolute Gasteiger partial charge is 0.493 e. The monoisotopic (exact) mass is 344 g/mol. The van der Waals surface area contributed by atoms with Gasteiger partial charge in [-0.05, 0) is 26.0 Å². The summed E-state index contributed by atoms with van der Waals surface area (Å²) in [5.41, 5.74) is 5.77. The molecule has 0 radical (unpaired) electrons. The van der Waals surface area contributed by atoms with E-state index >= 15 is 0 Å². The maximum Gasteiger partial charge on any atom is 0.209 e. The molecule has 1 aromatic rings. The first-order valence-electron chi connectivity index (χ1n) is 6.84. The summed E-state index contributed by atoms with van der Waals surface area (Å²) < 4.78 is 35.4. The molecule has 0 spiro atoms. The number of nitrogens with two attached hydrogens (primary N) is 1. The van der Waals surface area contributed by atoms with Crippen LogP contribution in [0.3, 0.4) is 0 Å². The lowest BCUT2D eigenvalue weighted by atomic mass is 10.1. The summed E-state index contributed by atoms with van der Waals surface area (Å²) >= 11 is 0. The van der Waals surface area contributed by atoms with Crippen LogP contribution in [0.15, 0.2) is 23.2 Å². The van der Waals surface area contributed by atoms with Gasteiger partial charge >= 0.3 is 0 Å². The number of rotatable bonds is 7. The number of guanidine groups is 1. The maximum absolute atomic E-state index is 11.3. The lowest BCUT2D eigenvalue weighted by Crippen LogP contribution is -2.45. The molecule has 0 saturated carbocycles. The maximum atomic E-state index is 11.3. The Bertz CT molecular complexity index is 671. The second-order valence-electron chi connectivity index (χ2n) is 5.65. The zero-order valence-electron chi connectivity index (χ0n) is 14.0. The van der Waals surface area contributed by atoms with Crippen molar-refractivity contribution >= 4 is 21.7 Å². The molecule has 1 rings (SSSR count). The Morgan fingerprint density at radius 2 is 1.87 bits per heavy atom. The molecule has 0 aliphatic rings. The second-order valence-corrected chi connectivity index (χ2v) is 7.40. The molecule has 0 heterocycles. The highest BCUT2D eigenvalue weighted by Crippen LogP contribution is 2.29. The standard InChI is InChI=1S/C14H24N4O4S/c1-14(2,18-23(5,19)20)9-16-13(15)17-10-6-7-11(21-3)12(8-10)22-4/h6-8,18H,9H2,1-5H3,(H3,15,16,17). The van der Waals surface area contributed by atoms with Crippen LogP contribution in [-0.4, -0.2) is 46.9 Å². The quantitative estimate of drug-likeness (QED) is 0.497. The van der Waals surface area contributed by atoms with Gasteiger partial charge in [0.1, 0.15) is 0 Å². The van der Waals surface area contributed by atoms with E-state index < -0.39 is 15.6 Å². The minimum absolute atomic E-state index is 0.167. The van der Waals surface area contributed by atoms with E-state index in [0.717, 1.165) is 6.26 Å². The molecule has 130 valence electrons. The third kappa shape index (κ3) is 6.74. The van der Waals surface area contributed by atoms with Crippen LogP contribution in [-0.2, 0) is 10.0 Å². The van der Waals surface area contributed by atoms with Crippen LogP contribution in [0.5, 0.6) is 11.5 Å². The number of benzene rings is 1. The van der Waals surface area contributed by atoms with Crippen LogP contribution >= 0.6 is 0 Å². The van der Waals surface area contributed by atoms with Gasteiger partial charge in [0.2, 0.25) is 10.0 Å². The molecule has 0 fully saturated rings. The fraction of sp³-hybridized carbons (Fsp3) is 0.500. The number of hydrogen-bond donors (Lipinski definition) is 3. The summed E-state index contributed by atoms with van der Waals surface area (Å²) in [5, 5.41) is 2.92. The molecule has 9 heteroatoms. The van der Waals surface area contributed by atoms with Crippen LogP contribution < -0.4 is 25.2 Å². The molecular formula is C14H24N4O4S. The van der Waals surface area contributed by atoms with Gasteiger partial charge < -0.3 is 20.5 Å². The Hall–Kier alpha value is -2.00. The van der Waals surface area contributed by atoms with Crippen molar-refractivity contribution in [1.29, 1.82) is 0 Å². The first kappa shape index (κ1) is 19.0. The van der Waals surface area contributed by atoms with Crippen LogP contribution in [0.1, 0.15) is 13.8 Å². The van der Waals surface area contributed by atoms with E-state index in [1.54, 1.807) is 46.3 Å². The van der Waals surface area contributed by atoms with Crippen molar-refractivity contribution < 1.29 is 17.9 Å². The number of aliphatic imine (C=N–C) groups is 1. The molecule has 0 aromatic heterocycles. The first-order valence-corrected chi connectivity index (χ1v) is 8.73. The molecule has 1 aromatic carbocycles. The highest BCUT2D eigenvalue weighted by Gasteiger charge is 2.21. The predicted octanol–water partition coefficient (Wildman–Crippen LogP) is 0.758. The lowest BCUT2D eigenvalue weighted by molar-refractivity contribution is 0.355. The normalized spacial score (nSPS) is 12.8. The SMILES string of the molecule is COc1ccc(NC(N)=NCC(C)(C)NS(C)(=O)=O)cc1OC. The van der Waals surface area contributed by atoms with Gasteiger partial charge in [-0.15, -0.1) is 0 Å². The van der Waals surface area contributed by atoms with Crippen LogP contribution in [0.2, 0.25) is 0 Å². The third-order valence-electron chi connectivity index (χ3n) is 2.76. The number of nitrogens with zero attached hydrogens (tertiary/aromatic N) is 1. The summed E-state index contributed by atoms with van der Waals surface area (Å²) in [5.74, 6) is 1.33. The molecule has 0 aliphatic heterocycles.